The molecular formula is C17H10Cl2N4. The molecule has 0 aliphatic carbocycles. The van der Waals surface area contributed by atoms with Gasteiger partial charge in [-0.2, -0.15) is 5.26 Å². The van der Waals surface area contributed by atoms with E-state index in [9.17, 15) is 5.26 Å². The topological polar surface area (TPSA) is 75.6 Å². The number of nitrogen functional groups attached to an aromatic ring is 1. The molecule has 2 heterocycles. The van der Waals surface area contributed by atoms with Crippen LogP contribution in [0.3, 0.4) is 0 Å². The minimum Gasteiger partial charge on any atom is -0.383 e. The third-order valence-corrected chi connectivity index (χ3v) is 3.98. The van der Waals surface area contributed by atoms with Crippen LogP contribution in [-0.2, 0) is 0 Å². The van der Waals surface area contributed by atoms with Crippen molar-refractivity contribution in [3.63, 3.8) is 0 Å². The van der Waals surface area contributed by atoms with Crippen molar-refractivity contribution in [1.82, 2.24) is 9.97 Å². The molecule has 0 spiro atoms. The molecular weight excluding hydrogens is 331 g/mol. The maximum atomic E-state index is 9.44. The average Bonchev–Trinajstić information content (AvgIpc) is 2.55. The van der Waals surface area contributed by atoms with Crippen LogP contribution < -0.4 is 5.73 Å². The summed E-state index contributed by atoms with van der Waals surface area (Å²) in [5.41, 5.74) is 8.71. The fraction of sp³-hybridized carbons (Fsp3) is 0. The summed E-state index contributed by atoms with van der Waals surface area (Å²) in [6.07, 6.45) is 3.34. The van der Waals surface area contributed by atoms with Gasteiger partial charge in [-0.25, -0.2) is 4.98 Å². The Bertz CT molecular complexity index is 898. The highest BCUT2D eigenvalue weighted by molar-refractivity contribution is 6.39. The van der Waals surface area contributed by atoms with Crippen LogP contribution in [0.1, 0.15) is 5.56 Å². The van der Waals surface area contributed by atoms with Crippen LogP contribution in [0.2, 0.25) is 10.0 Å². The second kappa shape index (κ2) is 6.25. The van der Waals surface area contributed by atoms with Gasteiger partial charge in [0.25, 0.3) is 0 Å². The smallest absolute Gasteiger partial charge is 0.142 e. The second-order valence-electron chi connectivity index (χ2n) is 4.77. The number of rotatable bonds is 2. The molecule has 3 aromatic rings. The molecule has 0 amide bonds. The largest absolute Gasteiger partial charge is 0.383 e. The summed E-state index contributed by atoms with van der Waals surface area (Å²) >= 11 is 12.6. The zero-order chi connectivity index (χ0) is 16.4. The number of hydrogen-bond donors (Lipinski definition) is 1. The maximum absolute atomic E-state index is 9.44. The van der Waals surface area contributed by atoms with Crippen LogP contribution in [0, 0.1) is 11.3 Å². The van der Waals surface area contributed by atoms with Gasteiger partial charge in [-0.1, -0.05) is 29.3 Å². The molecule has 1 aromatic carbocycles. The molecule has 2 aromatic heterocycles. The van der Waals surface area contributed by atoms with Crippen molar-refractivity contribution in [2.45, 2.75) is 0 Å². The van der Waals surface area contributed by atoms with E-state index in [1.165, 1.54) is 0 Å². The van der Waals surface area contributed by atoms with Crippen LogP contribution in [0.4, 0.5) is 5.82 Å². The first-order valence-corrected chi connectivity index (χ1v) is 7.43. The summed E-state index contributed by atoms with van der Waals surface area (Å²) in [4.78, 5) is 8.36. The molecule has 0 unspecified atom stereocenters. The zero-order valence-corrected chi connectivity index (χ0v) is 13.3. The van der Waals surface area contributed by atoms with Crippen molar-refractivity contribution in [2.75, 3.05) is 5.73 Å². The van der Waals surface area contributed by atoms with Gasteiger partial charge in [0, 0.05) is 39.1 Å². The van der Waals surface area contributed by atoms with Gasteiger partial charge >= 0.3 is 0 Å². The lowest BCUT2D eigenvalue weighted by molar-refractivity contribution is 1.27. The molecule has 0 bridgehead atoms. The molecule has 0 saturated carbocycles. The Kier molecular flexibility index (Phi) is 4.16. The van der Waals surface area contributed by atoms with Gasteiger partial charge in [-0.05, 0) is 30.3 Å². The number of nitriles is 1. The quantitative estimate of drug-likeness (QED) is 0.741. The number of pyridine rings is 2. The molecule has 2 N–H and O–H groups in total. The first-order chi connectivity index (χ1) is 11.1. The van der Waals surface area contributed by atoms with Crippen LogP contribution in [0.5, 0.6) is 0 Å². The Morgan fingerprint density at radius 1 is 1.09 bits per heavy atom. The Morgan fingerprint density at radius 3 is 2.43 bits per heavy atom. The lowest BCUT2D eigenvalue weighted by atomic mass is 9.98. The third kappa shape index (κ3) is 2.85. The highest BCUT2D eigenvalue weighted by atomic mass is 35.5. The molecule has 0 atom stereocenters. The highest BCUT2D eigenvalue weighted by Gasteiger charge is 2.17. The van der Waals surface area contributed by atoms with E-state index >= 15 is 0 Å². The summed E-state index contributed by atoms with van der Waals surface area (Å²) in [5, 5.41) is 10.3. The summed E-state index contributed by atoms with van der Waals surface area (Å²) in [6, 6.07) is 12.7. The lowest BCUT2D eigenvalue weighted by Gasteiger charge is -2.12. The summed E-state index contributed by atoms with van der Waals surface area (Å²) in [6.45, 7) is 0. The fourth-order valence-electron chi connectivity index (χ4n) is 2.30. The zero-order valence-electron chi connectivity index (χ0n) is 11.8. The molecule has 23 heavy (non-hydrogen) atoms. The molecule has 112 valence electrons. The number of halogens is 2. The van der Waals surface area contributed by atoms with E-state index in [-0.39, 0.29) is 11.4 Å². The Labute approximate surface area is 143 Å². The molecule has 0 aliphatic heterocycles. The number of anilines is 1. The average molecular weight is 341 g/mol. The Morgan fingerprint density at radius 2 is 1.83 bits per heavy atom. The Hall–Kier alpha value is -2.61. The van der Waals surface area contributed by atoms with Crippen molar-refractivity contribution < 1.29 is 0 Å². The van der Waals surface area contributed by atoms with E-state index < -0.39 is 0 Å². The molecule has 3 rings (SSSR count). The van der Waals surface area contributed by atoms with Gasteiger partial charge in [0.15, 0.2) is 0 Å². The van der Waals surface area contributed by atoms with Gasteiger partial charge in [-0.3, -0.25) is 4.98 Å². The van der Waals surface area contributed by atoms with Crippen molar-refractivity contribution in [3.8, 4) is 28.5 Å². The molecule has 0 saturated heterocycles. The van der Waals surface area contributed by atoms with Gasteiger partial charge in [0.05, 0.1) is 5.69 Å². The lowest BCUT2D eigenvalue weighted by Crippen LogP contribution is -2.00. The van der Waals surface area contributed by atoms with E-state index in [4.69, 9.17) is 28.9 Å². The minimum absolute atomic E-state index is 0.125. The number of benzene rings is 1. The van der Waals surface area contributed by atoms with Gasteiger partial charge < -0.3 is 5.73 Å². The van der Waals surface area contributed by atoms with Crippen LogP contribution in [-0.4, -0.2) is 9.97 Å². The summed E-state index contributed by atoms with van der Waals surface area (Å²) in [7, 11) is 0. The van der Waals surface area contributed by atoms with E-state index in [1.54, 1.807) is 42.7 Å². The Balaban J connectivity index is 2.32. The molecule has 0 aliphatic rings. The second-order valence-corrected chi connectivity index (χ2v) is 5.58. The van der Waals surface area contributed by atoms with E-state index in [0.717, 1.165) is 5.56 Å². The van der Waals surface area contributed by atoms with Crippen LogP contribution in [0.25, 0.3) is 22.4 Å². The van der Waals surface area contributed by atoms with E-state index in [1.807, 2.05) is 6.07 Å². The standard InChI is InChI=1S/C17H10Cl2N4/c18-13-4-1-5-14(19)16(13)11-7-15(10-3-2-6-22-9-10)23-17(21)12(11)8-20/h1-7,9H,(H2,21,23). The van der Waals surface area contributed by atoms with E-state index in [0.29, 0.717) is 26.9 Å². The maximum Gasteiger partial charge on any atom is 0.142 e. The fourth-order valence-corrected chi connectivity index (χ4v) is 2.90. The molecule has 0 radical (unpaired) electrons. The number of hydrogen-bond acceptors (Lipinski definition) is 4. The van der Waals surface area contributed by atoms with Crippen molar-refractivity contribution in [3.05, 3.63) is 64.4 Å². The van der Waals surface area contributed by atoms with Crippen LogP contribution in [0.15, 0.2) is 48.8 Å². The van der Waals surface area contributed by atoms with Crippen molar-refractivity contribution in [2.24, 2.45) is 0 Å². The number of aromatic nitrogens is 2. The molecule has 4 nitrogen and oxygen atoms in total. The predicted octanol–water partition coefficient (Wildman–Crippen LogP) is 4.57. The van der Waals surface area contributed by atoms with Gasteiger partial charge in [-0.15, -0.1) is 0 Å². The first kappa shape index (κ1) is 15.3. The summed E-state index contributed by atoms with van der Waals surface area (Å²) in [5.74, 6) is 0.125. The van der Waals surface area contributed by atoms with Gasteiger partial charge in [0.1, 0.15) is 17.5 Å². The van der Waals surface area contributed by atoms with Crippen LogP contribution >= 0.6 is 23.2 Å². The molecule has 6 heteroatoms. The summed E-state index contributed by atoms with van der Waals surface area (Å²) < 4.78 is 0. The SMILES string of the molecule is N#Cc1c(-c2c(Cl)cccc2Cl)cc(-c2cccnc2)nc1N. The monoisotopic (exact) mass is 340 g/mol. The van der Waals surface area contributed by atoms with Gasteiger partial charge in [0.2, 0.25) is 0 Å². The third-order valence-electron chi connectivity index (χ3n) is 3.35. The number of nitrogens with zero attached hydrogens (tertiary/aromatic N) is 3. The normalized spacial score (nSPS) is 10.3. The minimum atomic E-state index is 0.125. The van der Waals surface area contributed by atoms with Crippen molar-refractivity contribution >= 4 is 29.0 Å². The number of nitrogens with two attached hydrogens (primary N) is 1. The predicted molar refractivity (Wildman–Crippen MR) is 92.1 cm³/mol. The van der Waals surface area contributed by atoms with E-state index in [2.05, 4.69) is 16.0 Å². The highest BCUT2D eigenvalue weighted by Crippen LogP contribution is 2.39. The molecule has 0 fully saturated rings. The first-order valence-electron chi connectivity index (χ1n) is 6.67. The van der Waals surface area contributed by atoms with Crippen molar-refractivity contribution in [1.29, 1.82) is 5.26 Å².